The second-order valence-electron chi connectivity index (χ2n) is 7.49. The summed E-state index contributed by atoms with van der Waals surface area (Å²) in [6.07, 6.45) is 18.2. The molecular weight excluding hydrogens is 518 g/mol. The van der Waals surface area contributed by atoms with Crippen molar-refractivity contribution in [2.45, 2.75) is 73.6 Å². The van der Waals surface area contributed by atoms with E-state index in [9.17, 15) is 4.79 Å². The van der Waals surface area contributed by atoms with Crippen molar-refractivity contribution >= 4 is 56.0 Å². The molecule has 0 aromatic carbocycles. The van der Waals surface area contributed by atoms with Crippen molar-refractivity contribution in [3.63, 3.8) is 0 Å². The number of aliphatic hydroxyl groups is 1. The third-order valence-electron chi connectivity index (χ3n) is 3.61. The van der Waals surface area contributed by atoms with Crippen LogP contribution in [0.2, 0.25) is 0 Å². The summed E-state index contributed by atoms with van der Waals surface area (Å²) in [6.45, 7) is 16.8. The molecule has 4 atom stereocenters. The summed E-state index contributed by atoms with van der Waals surface area (Å²) in [5.41, 5.74) is 5.00. The third-order valence-corrected chi connectivity index (χ3v) is 24.9. The normalized spacial score (nSPS) is 10.0. The highest BCUT2D eigenvalue weighted by molar-refractivity contribution is 8.92. The summed E-state index contributed by atoms with van der Waals surface area (Å²) < 4.78 is 0. The molecule has 0 rings (SSSR count). The van der Waals surface area contributed by atoms with Crippen molar-refractivity contribution in [3.8, 4) is 0 Å². The lowest BCUT2D eigenvalue weighted by Gasteiger charge is -2.06. The second-order valence-corrected chi connectivity index (χ2v) is 27.3. The summed E-state index contributed by atoms with van der Waals surface area (Å²) >= 11 is 0. The Balaban J connectivity index is -0.000000201. The first-order valence-electron chi connectivity index (χ1n) is 10.6. The first-order valence-corrected chi connectivity index (χ1v) is 20.4. The van der Waals surface area contributed by atoms with Gasteiger partial charge in [0.2, 0.25) is 0 Å². The Labute approximate surface area is 217 Å². The van der Waals surface area contributed by atoms with E-state index < -0.39 is 0 Å². The van der Waals surface area contributed by atoms with Crippen LogP contribution in [0.1, 0.15) is 73.6 Å². The van der Waals surface area contributed by atoms with E-state index in [0.29, 0.717) is 0 Å². The van der Waals surface area contributed by atoms with Gasteiger partial charge in [0.05, 0.1) is 0 Å². The van der Waals surface area contributed by atoms with Gasteiger partial charge in [-0.25, -0.2) is 0 Å². The topological polar surface area (TPSA) is 37.3 Å². The summed E-state index contributed by atoms with van der Waals surface area (Å²) in [6, 6.07) is 0. The van der Waals surface area contributed by atoms with E-state index in [1.165, 1.54) is 22.8 Å². The molecule has 33 heavy (non-hydrogen) atoms. The molecule has 0 aromatic heterocycles. The molecule has 1 N–H and O–H groups in total. The second kappa shape index (κ2) is 30.7. The molecule has 0 aromatic rings. The van der Waals surface area contributed by atoms with E-state index in [4.69, 9.17) is 5.11 Å². The SMILES string of the molecule is C.C=C(C=CCCO)CCC=C(C)C.C=C(CC=CC=O)CCC=C(C)C.PP(P)P(P)P. The van der Waals surface area contributed by atoms with Crippen molar-refractivity contribution in [1.29, 1.82) is 0 Å². The van der Waals surface area contributed by atoms with Crippen LogP contribution in [0.25, 0.3) is 0 Å². The molecule has 4 unspecified atom stereocenters. The lowest BCUT2D eigenvalue weighted by Crippen LogP contribution is -1.79. The van der Waals surface area contributed by atoms with Gasteiger partial charge in [0.1, 0.15) is 6.29 Å². The monoisotopic (exact) mass is 568 g/mol. The fraction of sp³-hybridized carbons (Fsp3) is 0.480. The van der Waals surface area contributed by atoms with Gasteiger partial charge < -0.3 is 5.11 Å². The van der Waals surface area contributed by atoms with Crippen molar-refractivity contribution in [2.75, 3.05) is 6.61 Å². The number of carbonyl (C=O) groups excluding carboxylic acids is 1. The molecule has 0 aliphatic rings. The fourth-order valence-corrected chi connectivity index (χ4v) is 1.91. The molecule has 0 saturated carbocycles. The van der Waals surface area contributed by atoms with Gasteiger partial charge in [0, 0.05) is 6.61 Å². The van der Waals surface area contributed by atoms with Gasteiger partial charge in [-0.05, 0) is 86.3 Å². The van der Waals surface area contributed by atoms with E-state index in [1.807, 2.05) is 18.2 Å². The number of rotatable bonds is 13. The molecule has 0 bridgehead atoms. The van der Waals surface area contributed by atoms with E-state index in [2.05, 4.69) is 88.7 Å². The zero-order chi connectivity index (χ0) is 25.4. The summed E-state index contributed by atoms with van der Waals surface area (Å²) in [7, 11) is 11.2. The van der Waals surface area contributed by atoms with Gasteiger partial charge in [-0.1, -0.05) is 73.3 Å². The molecule has 0 aliphatic carbocycles. The first kappa shape index (κ1) is 40.8. The maximum Gasteiger partial charge on any atom is 0.142 e. The molecule has 8 heteroatoms. The Morgan fingerprint density at radius 3 is 1.73 bits per heavy atom. The van der Waals surface area contributed by atoms with Crippen LogP contribution in [0, 0.1) is 0 Å². The van der Waals surface area contributed by atoms with Crippen molar-refractivity contribution in [1.82, 2.24) is 0 Å². The molecule has 0 radical (unpaired) electrons. The average molecular weight is 569 g/mol. The number of allylic oxidation sites excluding steroid dienone is 9. The van der Waals surface area contributed by atoms with Crippen molar-refractivity contribution in [2.24, 2.45) is 0 Å². The molecular formula is C25H50O2P6. The Morgan fingerprint density at radius 2 is 1.33 bits per heavy atom. The molecule has 2 nitrogen and oxygen atoms in total. The quantitative estimate of drug-likeness (QED) is 0.0789. The average Bonchev–Trinajstić information content (AvgIpc) is 2.69. The Hall–Kier alpha value is 0.650. The van der Waals surface area contributed by atoms with E-state index >= 15 is 0 Å². The molecule has 0 fully saturated rings. The summed E-state index contributed by atoms with van der Waals surface area (Å²) in [5.74, 6) is 0. The molecule has 0 heterocycles. The first-order chi connectivity index (χ1) is 15.0. The highest BCUT2D eigenvalue weighted by Gasteiger charge is 1.95. The fourth-order valence-electron chi connectivity index (χ4n) is 1.91. The van der Waals surface area contributed by atoms with Crippen LogP contribution in [0.15, 0.2) is 71.9 Å². The van der Waals surface area contributed by atoms with Crippen molar-refractivity contribution in [3.05, 3.63) is 71.9 Å². The predicted octanol–water partition coefficient (Wildman–Crippen LogP) is 10.3. The van der Waals surface area contributed by atoms with Crippen LogP contribution in [0.3, 0.4) is 0 Å². The van der Waals surface area contributed by atoms with E-state index in [1.54, 1.807) is 0 Å². The van der Waals surface area contributed by atoms with Gasteiger partial charge in [-0.2, -0.15) is 0 Å². The van der Waals surface area contributed by atoms with E-state index in [0.717, 1.165) is 50.4 Å². The molecule has 0 amide bonds. The van der Waals surface area contributed by atoms with Gasteiger partial charge in [0.25, 0.3) is 0 Å². The largest absolute Gasteiger partial charge is 0.396 e. The number of hydrogen-bond acceptors (Lipinski definition) is 2. The molecule has 192 valence electrons. The van der Waals surface area contributed by atoms with Crippen LogP contribution in [0.5, 0.6) is 0 Å². The van der Waals surface area contributed by atoms with Crippen LogP contribution < -0.4 is 0 Å². The summed E-state index contributed by atoms with van der Waals surface area (Å²) in [4.78, 5) is 9.96. The third kappa shape index (κ3) is 43.2. The minimum atomic E-state index is 0. The van der Waals surface area contributed by atoms with Gasteiger partial charge in [-0.15, -0.1) is 35.7 Å². The minimum absolute atomic E-state index is 0. The van der Waals surface area contributed by atoms with Crippen LogP contribution in [0.4, 0.5) is 0 Å². The highest BCUT2D eigenvalue weighted by atomic mass is 33.0. The minimum Gasteiger partial charge on any atom is -0.396 e. The number of carbonyl (C=O) groups is 1. The van der Waals surface area contributed by atoms with Gasteiger partial charge in [-0.3, -0.25) is 4.79 Å². The lowest BCUT2D eigenvalue weighted by atomic mass is 10.1. The maximum absolute atomic E-state index is 9.96. The van der Waals surface area contributed by atoms with Gasteiger partial charge in [0.15, 0.2) is 0 Å². The molecule has 0 saturated heterocycles. The molecule has 0 spiro atoms. The summed E-state index contributed by atoms with van der Waals surface area (Å²) in [5, 5.41) is 8.54. The number of hydrogen-bond donors (Lipinski definition) is 1. The van der Waals surface area contributed by atoms with Crippen LogP contribution >= 0.6 is 49.7 Å². The Morgan fingerprint density at radius 1 is 0.848 bits per heavy atom. The lowest BCUT2D eigenvalue weighted by molar-refractivity contribution is -0.104. The van der Waals surface area contributed by atoms with Crippen molar-refractivity contribution < 1.29 is 9.90 Å². The Kier molecular flexibility index (Phi) is 37.9. The van der Waals surface area contributed by atoms with Gasteiger partial charge >= 0.3 is 0 Å². The smallest absolute Gasteiger partial charge is 0.142 e. The highest BCUT2D eigenvalue weighted by Crippen LogP contribution is 2.86. The maximum atomic E-state index is 9.96. The predicted molar refractivity (Wildman–Crippen MR) is 176 cm³/mol. The number of aldehydes is 1. The van der Waals surface area contributed by atoms with Crippen LogP contribution in [-0.2, 0) is 4.79 Å². The zero-order valence-electron chi connectivity index (χ0n) is 20.5. The number of aliphatic hydroxyl groups excluding tert-OH is 1. The van der Waals surface area contributed by atoms with E-state index in [-0.39, 0.29) is 28.0 Å². The molecule has 0 aliphatic heterocycles. The Bertz CT molecular complexity index is 606. The standard InChI is InChI=1S/C12H20O.C12H18O.CH4.H8P6/c2*1-11(2)7-6-9-12(3)8-4-5-10-13;;1-5(2)6(3)4/h4,7-8,13H,3,5-6,9-10H2,1-2H3;4-5,7,10H,3,6,8-9H2,1-2H3;1H4;1-4H2. The van der Waals surface area contributed by atoms with Crippen LogP contribution in [-0.4, -0.2) is 18.0 Å². The zero-order valence-corrected chi connectivity index (χ0v) is 26.9.